The number of hydrogen-bond donors (Lipinski definition) is 0. The molecule has 15 heavy (non-hydrogen) atoms. The van der Waals surface area contributed by atoms with Crippen LogP contribution in [-0.2, 0) is 13.8 Å². The molecule has 0 aliphatic heterocycles. The van der Waals surface area contributed by atoms with E-state index < -0.39 is 28.3 Å². The van der Waals surface area contributed by atoms with E-state index in [2.05, 4.69) is 4.74 Å². The Morgan fingerprint density at radius 3 is 2.20 bits per heavy atom. The van der Waals surface area contributed by atoms with E-state index in [0.29, 0.717) is 6.42 Å². The zero-order chi connectivity index (χ0) is 11.9. The molecular formula is C7H12ClF3O3S. The fourth-order valence-corrected chi connectivity index (χ4v) is 1.64. The topological polar surface area (TPSA) is 43.4 Å². The predicted molar refractivity (Wildman–Crippen MR) is 50.4 cm³/mol. The number of hydrogen-bond acceptors (Lipinski definition) is 3. The van der Waals surface area contributed by atoms with Crippen LogP contribution in [0.15, 0.2) is 0 Å². The van der Waals surface area contributed by atoms with E-state index in [1.54, 1.807) is 0 Å². The molecule has 0 heterocycles. The number of ether oxygens (including phenoxy) is 1. The maximum Gasteiger partial charge on any atom is 0.391 e. The third-order valence-electron chi connectivity index (χ3n) is 1.46. The van der Waals surface area contributed by atoms with E-state index in [9.17, 15) is 21.6 Å². The van der Waals surface area contributed by atoms with Crippen molar-refractivity contribution in [3.05, 3.63) is 0 Å². The Morgan fingerprint density at radius 1 is 1.13 bits per heavy atom. The van der Waals surface area contributed by atoms with Crippen LogP contribution in [0.4, 0.5) is 13.2 Å². The van der Waals surface area contributed by atoms with Gasteiger partial charge in [-0.15, -0.1) is 0 Å². The molecule has 3 nitrogen and oxygen atoms in total. The van der Waals surface area contributed by atoms with Gasteiger partial charge in [-0.25, -0.2) is 8.42 Å². The van der Waals surface area contributed by atoms with Gasteiger partial charge in [-0.2, -0.15) is 13.2 Å². The fraction of sp³-hybridized carbons (Fsp3) is 1.00. The van der Waals surface area contributed by atoms with Crippen LogP contribution in [0.1, 0.15) is 19.3 Å². The van der Waals surface area contributed by atoms with Gasteiger partial charge >= 0.3 is 6.18 Å². The molecule has 92 valence electrons. The summed E-state index contributed by atoms with van der Waals surface area (Å²) >= 11 is 0. The molecule has 8 heteroatoms. The van der Waals surface area contributed by atoms with Crippen LogP contribution in [0.5, 0.6) is 0 Å². The second-order valence-electron chi connectivity index (χ2n) is 2.93. The van der Waals surface area contributed by atoms with Crippen molar-refractivity contribution in [3.63, 3.8) is 0 Å². The van der Waals surface area contributed by atoms with E-state index >= 15 is 0 Å². The molecule has 0 radical (unpaired) electrons. The Morgan fingerprint density at radius 2 is 1.73 bits per heavy atom. The highest BCUT2D eigenvalue weighted by Crippen LogP contribution is 2.18. The van der Waals surface area contributed by atoms with Gasteiger partial charge in [0.25, 0.3) is 0 Å². The summed E-state index contributed by atoms with van der Waals surface area (Å²) in [5.41, 5.74) is 0. The van der Waals surface area contributed by atoms with E-state index in [-0.39, 0.29) is 18.8 Å². The van der Waals surface area contributed by atoms with Gasteiger partial charge in [-0.3, -0.25) is 0 Å². The molecule has 0 unspecified atom stereocenters. The summed E-state index contributed by atoms with van der Waals surface area (Å²) in [7, 11) is 1.41. The molecule has 0 amide bonds. The predicted octanol–water partition coefficient (Wildman–Crippen LogP) is 2.30. The average Bonchev–Trinajstić information content (AvgIpc) is 1.98. The van der Waals surface area contributed by atoms with Crippen LogP contribution >= 0.6 is 10.7 Å². The van der Waals surface area contributed by atoms with Gasteiger partial charge < -0.3 is 4.74 Å². The third kappa shape index (κ3) is 14.0. The Bertz CT molecular complexity index is 263. The Labute approximate surface area is 91.0 Å². The van der Waals surface area contributed by atoms with Crippen LogP contribution < -0.4 is 0 Å². The number of alkyl halides is 3. The van der Waals surface area contributed by atoms with E-state index in [1.807, 2.05) is 0 Å². The fourth-order valence-electron chi connectivity index (χ4n) is 0.769. The molecule has 0 aromatic heterocycles. The summed E-state index contributed by atoms with van der Waals surface area (Å²) in [6.45, 7) is -0.278. The third-order valence-corrected chi connectivity index (χ3v) is 2.70. The second kappa shape index (κ2) is 6.55. The maximum atomic E-state index is 11.6. The van der Waals surface area contributed by atoms with Crippen molar-refractivity contribution < 1.29 is 26.3 Å². The van der Waals surface area contributed by atoms with Crippen molar-refractivity contribution in [1.82, 2.24) is 0 Å². The zero-order valence-electron chi connectivity index (χ0n) is 7.89. The van der Waals surface area contributed by atoms with Crippen molar-refractivity contribution in [2.24, 2.45) is 0 Å². The molecule has 0 aliphatic rings. The van der Waals surface area contributed by atoms with Gasteiger partial charge in [-0.1, -0.05) is 0 Å². The standard InChI is InChI=1S/C7H12ClF3O3S/c8-15(12,13)6-2-1-4-14-5-3-7(9,10)11/h1-6H2. The molecule has 0 N–H and O–H groups in total. The van der Waals surface area contributed by atoms with Crippen molar-refractivity contribution in [2.75, 3.05) is 19.0 Å². The molecule has 0 spiro atoms. The summed E-state index contributed by atoms with van der Waals surface area (Å²) in [5.74, 6) is -0.183. The summed E-state index contributed by atoms with van der Waals surface area (Å²) in [4.78, 5) is 0. The molecule has 0 bridgehead atoms. The van der Waals surface area contributed by atoms with Gasteiger partial charge in [-0.05, 0) is 12.8 Å². The first-order chi connectivity index (χ1) is 6.71. The Hall–Kier alpha value is -0.0100. The molecule has 0 aliphatic carbocycles. The number of unbranched alkanes of at least 4 members (excludes halogenated alkanes) is 1. The monoisotopic (exact) mass is 268 g/mol. The summed E-state index contributed by atoms with van der Waals surface area (Å²) in [6, 6.07) is 0. The minimum atomic E-state index is -4.21. The van der Waals surface area contributed by atoms with Crippen LogP contribution in [-0.4, -0.2) is 33.6 Å². The first-order valence-electron chi connectivity index (χ1n) is 4.27. The van der Waals surface area contributed by atoms with Crippen LogP contribution in [0.25, 0.3) is 0 Å². The van der Waals surface area contributed by atoms with E-state index in [0.717, 1.165) is 0 Å². The Kier molecular flexibility index (Phi) is 6.54. The minimum absolute atomic E-state index is 0.114. The van der Waals surface area contributed by atoms with Crippen molar-refractivity contribution in [3.8, 4) is 0 Å². The first kappa shape index (κ1) is 15.0. The first-order valence-corrected chi connectivity index (χ1v) is 6.75. The van der Waals surface area contributed by atoms with E-state index in [4.69, 9.17) is 10.7 Å². The SMILES string of the molecule is O=S(=O)(Cl)CCCCOCCC(F)(F)F. The summed E-state index contributed by atoms with van der Waals surface area (Å²) in [5, 5.41) is 0. The van der Waals surface area contributed by atoms with Crippen molar-refractivity contribution in [2.45, 2.75) is 25.4 Å². The number of halogens is 4. The molecule has 0 saturated heterocycles. The summed E-state index contributed by atoms with van der Waals surface area (Å²) in [6.07, 6.45) is -4.53. The van der Waals surface area contributed by atoms with Crippen LogP contribution in [0.3, 0.4) is 0 Å². The minimum Gasteiger partial charge on any atom is -0.381 e. The maximum absolute atomic E-state index is 11.6. The molecule has 0 rings (SSSR count). The molecule has 0 aromatic carbocycles. The largest absolute Gasteiger partial charge is 0.391 e. The molecule has 0 fully saturated rings. The summed E-state index contributed by atoms with van der Waals surface area (Å²) < 4.78 is 60.4. The lowest BCUT2D eigenvalue weighted by molar-refractivity contribution is -0.145. The van der Waals surface area contributed by atoms with Crippen LogP contribution in [0.2, 0.25) is 0 Å². The lowest BCUT2D eigenvalue weighted by atomic mass is 10.3. The molecular weight excluding hydrogens is 257 g/mol. The number of rotatable bonds is 7. The zero-order valence-corrected chi connectivity index (χ0v) is 9.46. The molecule has 0 aromatic rings. The average molecular weight is 269 g/mol. The lowest BCUT2D eigenvalue weighted by Crippen LogP contribution is -2.12. The Balaban J connectivity index is 3.27. The second-order valence-corrected chi connectivity index (χ2v) is 5.82. The highest BCUT2D eigenvalue weighted by atomic mass is 35.7. The van der Waals surface area contributed by atoms with Gasteiger partial charge in [0.15, 0.2) is 0 Å². The van der Waals surface area contributed by atoms with Gasteiger partial charge in [0.1, 0.15) is 0 Å². The normalized spacial score (nSPS) is 13.1. The van der Waals surface area contributed by atoms with Crippen molar-refractivity contribution in [1.29, 1.82) is 0 Å². The van der Waals surface area contributed by atoms with Gasteiger partial charge in [0.2, 0.25) is 9.05 Å². The van der Waals surface area contributed by atoms with E-state index in [1.165, 1.54) is 0 Å². The smallest absolute Gasteiger partial charge is 0.381 e. The van der Waals surface area contributed by atoms with Gasteiger partial charge in [0.05, 0.1) is 18.8 Å². The van der Waals surface area contributed by atoms with Crippen LogP contribution in [0, 0.1) is 0 Å². The highest BCUT2D eigenvalue weighted by Gasteiger charge is 2.26. The quantitative estimate of drug-likeness (QED) is 0.526. The molecule has 0 saturated carbocycles. The highest BCUT2D eigenvalue weighted by molar-refractivity contribution is 8.13. The lowest BCUT2D eigenvalue weighted by Gasteiger charge is -2.06. The van der Waals surface area contributed by atoms with Crippen molar-refractivity contribution >= 4 is 19.7 Å². The molecule has 0 atom stereocenters. The van der Waals surface area contributed by atoms with Gasteiger partial charge in [0, 0.05) is 17.3 Å².